The molecule has 5 rings (SSSR count). The van der Waals surface area contributed by atoms with Crippen LogP contribution in [0.25, 0.3) is 21.3 Å². The van der Waals surface area contributed by atoms with Crippen molar-refractivity contribution in [1.82, 2.24) is 9.97 Å². The Morgan fingerprint density at radius 3 is 2.17 bits per heavy atom. The third-order valence-electron chi connectivity index (χ3n) is 5.60. The second kappa shape index (κ2) is 9.26. The molecule has 0 bridgehead atoms. The molecule has 1 N–H and O–H groups in total. The molecule has 0 fully saturated rings. The molecular formula is C28H19N5OS. The molecule has 0 amide bonds. The number of aryl methyl sites for hydroxylation is 2. The number of nitrogens with one attached hydrogen (secondary N) is 1. The zero-order chi connectivity index (χ0) is 24.4. The van der Waals surface area contributed by atoms with Crippen molar-refractivity contribution in [1.29, 1.82) is 10.5 Å². The highest BCUT2D eigenvalue weighted by molar-refractivity contribution is 7.17. The number of thiophene rings is 1. The minimum Gasteiger partial charge on any atom is -0.437 e. The first-order valence-electron chi connectivity index (χ1n) is 10.9. The largest absolute Gasteiger partial charge is 0.437 e. The van der Waals surface area contributed by atoms with Crippen molar-refractivity contribution >= 4 is 33.2 Å². The van der Waals surface area contributed by atoms with Gasteiger partial charge in [-0.25, -0.2) is 4.98 Å². The van der Waals surface area contributed by atoms with E-state index in [2.05, 4.69) is 27.4 Å². The van der Waals surface area contributed by atoms with Crippen molar-refractivity contribution < 1.29 is 4.74 Å². The number of benzene rings is 3. The fourth-order valence-corrected chi connectivity index (χ4v) is 4.62. The van der Waals surface area contributed by atoms with Gasteiger partial charge in [-0.05, 0) is 96.1 Å². The Hall–Kier alpha value is -4.72. The van der Waals surface area contributed by atoms with Crippen LogP contribution >= 0.6 is 11.3 Å². The van der Waals surface area contributed by atoms with Crippen LogP contribution in [0, 0.1) is 36.5 Å². The number of anilines is 2. The Balaban J connectivity index is 1.45. The molecule has 0 atom stereocenters. The molecule has 6 nitrogen and oxygen atoms in total. The summed E-state index contributed by atoms with van der Waals surface area (Å²) in [7, 11) is 0. The number of hydrogen-bond acceptors (Lipinski definition) is 7. The Morgan fingerprint density at radius 2 is 1.49 bits per heavy atom. The number of hydrogen-bond donors (Lipinski definition) is 1. The molecule has 0 saturated carbocycles. The van der Waals surface area contributed by atoms with Crippen LogP contribution in [-0.2, 0) is 0 Å². The van der Waals surface area contributed by atoms with E-state index < -0.39 is 0 Å². The maximum atomic E-state index is 9.15. The van der Waals surface area contributed by atoms with E-state index >= 15 is 0 Å². The number of nitriles is 2. The molecule has 0 spiro atoms. The fraction of sp³-hybridized carbons (Fsp3) is 0.0714. The lowest BCUT2D eigenvalue weighted by Crippen LogP contribution is -1.99. The Morgan fingerprint density at radius 1 is 0.800 bits per heavy atom. The van der Waals surface area contributed by atoms with Gasteiger partial charge in [-0.2, -0.15) is 15.5 Å². The van der Waals surface area contributed by atoms with Crippen molar-refractivity contribution in [3.05, 3.63) is 94.4 Å². The zero-order valence-electron chi connectivity index (χ0n) is 19.0. The molecule has 3 aromatic carbocycles. The highest BCUT2D eigenvalue weighted by Crippen LogP contribution is 2.35. The van der Waals surface area contributed by atoms with Gasteiger partial charge in [0.05, 0.1) is 28.8 Å². The Labute approximate surface area is 206 Å². The molecule has 0 aliphatic rings. The third kappa shape index (κ3) is 4.54. The van der Waals surface area contributed by atoms with Crippen LogP contribution in [0.4, 0.5) is 11.6 Å². The molecular weight excluding hydrogens is 454 g/mol. The molecule has 7 heteroatoms. The second-order valence-electron chi connectivity index (χ2n) is 8.02. The predicted molar refractivity (Wildman–Crippen MR) is 138 cm³/mol. The maximum absolute atomic E-state index is 9.15. The van der Waals surface area contributed by atoms with Crippen LogP contribution in [-0.4, -0.2) is 9.97 Å². The SMILES string of the molecule is Cc1cc(C#N)ccc1-c1ccc(Oc2nc(Nc3ccc(C#N)cc3)nc3ccsc23)cc1C. The summed E-state index contributed by atoms with van der Waals surface area (Å²) in [5, 5.41) is 23.3. The molecule has 2 heterocycles. The average Bonchev–Trinajstić information content (AvgIpc) is 3.34. The number of nitrogens with zero attached hydrogens (tertiary/aromatic N) is 4. The summed E-state index contributed by atoms with van der Waals surface area (Å²) in [6, 6.07) is 25.0. The van der Waals surface area contributed by atoms with E-state index in [9.17, 15) is 0 Å². The normalized spacial score (nSPS) is 10.5. The first kappa shape index (κ1) is 22.1. The lowest BCUT2D eigenvalue weighted by atomic mass is 9.95. The number of rotatable bonds is 5. The van der Waals surface area contributed by atoms with Gasteiger partial charge in [0.1, 0.15) is 10.4 Å². The van der Waals surface area contributed by atoms with Crippen molar-refractivity contribution in [3.63, 3.8) is 0 Å². The molecule has 2 aromatic heterocycles. The summed E-state index contributed by atoms with van der Waals surface area (Å²) in [6.45, 7) is 4.05. The van der Waals surface area contributed by atoms with Gasteiger partial charge in [0.2, 0.25) is 11.8 Å². The Kier molecular flexibility index (Phi) is 5.85. The molecule has 0 saturated heterocycles. The average molecular weight is 474 g/mol. The van der Waals surface area contributed by atoms with Crippen molar-refractivity contribution in [2.24, 2.45) is 0 Å². The van der Waals surface area contributed by atoms with Gasteiger partial charge >= 0.3 is 0 Å². The highest BCUT2D eigenvalue weighted by atomic mass is 32.1. The van der Waals surface area contributed by atoms with Gasteiger partial charge in [0.15, 0.2) is 0 Å². The smallest absolute Gasteiger partial charge is 0.242 e. The first-order valence-corrected chi connectivity index (χ1v) is 11.7. The molecule has 0 unspecified atom stereocenters. The van der Waals surface area contributed by atoms with Crippen molar-refractivity contribution in [2.75, 3.05) is 5.32 Å². The van der Waals surface area contributed by atoms with Gasteiger partial charge in [-0.15, -0.1) is 11.3 Å². The standard InChI is InChI=1S/C28H19N5OS/c1-17-13-20(16-30)5-9-23(17)24-10-8-22(14-18(24)2)34-27-26-25(11-12-35-26)32-28(33-27)31-21-6-3-19(15-29)4-7-21/h3-14H,1-2H3,(H,31,32,33). The first-order chi connectivity index (χ1) is 17.0. The lowest BCUT2D eigenvalue weighted by molar-refractivity contribution is 0.469. The van der Waals surface area contributed by atoms with Crippen LogP contribution in [0.2, 0.25) is 0 Å². The van der Waals surface area contributed by atoms with Gasteiger partial charge in [-0.1, -0.05) is 12.1 Å². The van der Waals surface area contributed by atoms with Crippen LogP contribution in [0.3, 0.4) is 0 Å². The summed E-state index contributed by atoms with van der Waals surface area (Å²) in [5.41, 5.74) is 7.09. The van der Waals surface area contributed by atoms with E-state index in [-0.39, 0.29) is 0 Å². The molecule has 0 radical (unpaired) electrons. The highest BCUT2D eigenvalue weighted by Gasteiger charge is 2.13. The summed E-state index contributed by atoms with van der Waals surface area (Å²) in [5.74, 6) is 1.57. The second-order valence-corrected chi connectivity index (χ2v) is 8.94. The van der Waals surface area contributed by atoms with E-state index in [0.717, 1.165) is 38.2 Å². The number of fused-ring (bicyclic) bond motifs is 1. The van der Waals surface area contributed by atoms with Gasteiger partial charge in [0, 0.05) is 5.69 Å². The van der Waals surface area contributed by atoms with E-state index in [4.69, 9.17) is 15.3 Å². The van der Waals surface area contributed by atoms with E-state index in [0.29, 0.717) is 28.7 Å². The van der Waals surface area contributed by atoms with E-state index in [1.807, 2.05) is 73.8 Å². The summed E-state index contributed by atoms with van der Waals surface area (Å²) in [6.07, 6.45) is 0. The molecule has 35 heavy (non-hydrogen) atoms. The molecule has 5 aromatic rings. The van der Waals surface area contributed by atoms with E-state index in [1.54, 1.807) is 12.1 Å². The monoisotopic (exact) mass is 473 g/mol. The quantitative estimate of drug-likeness (QED) is 0.289. The van der Waals surface area contributed by atoms with Crippen LogP contribution < -0.4 is 10.1 Å². The van der Waals surface area contributed by atoms with Crippen LogP contribution in [0.5, 0.6) is 11.6 Å². The lowest BCUT2D eigenvalue weighted by Gasteiger charge is -2.13. The maximum Gasteiger partial charge on any atom is 0.242 e. The Bertz CT molecular complexity index is 1640. The zero-order valence-corrected chi connectivity index (χ0v) is 19.9. The van der Waals surface area contributed by atoms with Crippen molar-refractivity contribution in [2.45, 2.75) is 13.8 Å². The van der Waals surface area contributed by atoms with Gasteiger partial charge in [0.25, 0.3) is 0 Å². The summed E-state index contributed by atoms with van der Waals surface area (Å²) < 4.78 is 7.10. The molecule has 168 valence electrons. The predicted octanol–water partition coefficient (Wildman–Crippen LogP) is 7.25. The fourth-order valence-electron chi connectivity index (χ4n) is 3.87. The van der Waals surface area contributed by atoms with E-state index in [1.165, 1.54) is 11.3 Å². The summed E-state index contributed by atoms with van der Waals surface area (Å²) in [4.78, 5) is 9.21. The molecule has 0 aliphatic carbocycles. The molecule has 0 aliphatic heterocycles. The topological polar surface area (TPSA) is 94.6 Å². The van der Waals surface area contributed by atoms with Crippen LogP contribution in [0.1, 0.15) is 22.3 Å². The number of ether oxygens (including phenoxy) is 1. The minimum absolute atomic E-state index is 0.414. The number of aromatic nitrogens is 2. The third-order valence-corrected chi connectivity index (χ3v) is 6.49. The minimum atomic E-state index is 0.414. The summed E-state index contributed by atoms with van der Waals surface area (Å²) >= 11 is 1.52. The van der Waals surface area contributed by atoms with Gasteiger partial charge in [-0.3, -0.25) is 0 Å². The van der Waals surface area contributed by atoms with Crippen molar-refractivity contribution in [3.8, 4) is 34.9 Å². The van der Waals surface area contributed by atoms with Gasteiger partial charge < -0.3 is 10.1 Å². The van der Waals surface area contributed by atoms with Crippen LogP contribution in [0.15, 0.2) is 72.1 Å².